The number of carbonyl (C=O) groups is 2. The van der Waals surface area contributed by atoms with Crippen LogP contribution in [0, 0.1) is 0 Å². The zero-order valence-corrected chi connectivity index (χ0v) is 17.1. The molecule has 1 atom stereocenters. The third-order valence-electron chi connectivity index (χ3n) is 2.98. The third kappa shape index (κ3) is 12.9. The maximum atomic E-state index is 11.7. The molecule has 0 aliphatic rings. The van der Waals surface area contributed by atoms with Gasteiger partial charge < -0.3 is 10.9 Å². The summed E-state index contributed by atoms with van der Waals surface area (Å²) < 4.78 is 41.1. The zero-order valence-electron chi connectivity index (χ0n) is 15.2. The molecule has 0 aromatic rings. The average molecular weight is 362 g/mol. The van der Waals surface area contributed by atoms with Crippen molar-refractivity contribution >= 4 is 22.1 Å². The van der Waals surface area contributed by atoms with Gasteiger partial charge in [0.2, 0.25) is 0 Å². The van der Waals surface area contributed by atoms with Crippen molar-refractivity contribution in [2.24, 2.45) is 0 Å². The van der Waals surface area contributed by atoms with Gasteiger partial charge in [-0.15, -0.1) is 0 Å². The SMILES string of the molecule is CCCCCOC(=O)CC(C(=O)OCCCCC)S(=O)(=O)O.[H-].[Na+]. The summed E-state index contributed by atoms with van der Waals surface area (Å²) in [6.07, 6.45) is 4.12. The maximum Gasteiger partial charge on any atom is 1.00 e. The fourth-order valence-corrected chi connectivity index (χ4v) is 2.33. The first-order valence-corrected chi connectivity index (χ1v) is 9.11. The number of rotatable bonds is 12. The molecule has 7 nitrogen and oxygen atoms in total. The first-order chi connectivity index (χ1) is 10.3. The first-order valence-electron chi connectivity index (χ1n) is 7.61. The molecule has 0 bridgehead atoms. The molecule has 0 amide bonds. The molecule has 23 heavy (non-hydrogen) atoms. The van der Waals surface area contributed by atoms with Crippen molar-refractivity contribution in [3.63, 3.8) is 0 Å². The molecule has 0 aliphatic heterocycles. The molecule has 1 unspecified atom stereocenters. The molecular formula is C14H27NaO7S. The van der Waals surface area contributed by atoms with Crippen LogP contribution in [0.3, 0.4) is 0 Å². The molecule has 0 spiro atoms. The predicted molar refractivity (Wildman–Crippen MR) is 82.0 cm³/mol. The Morgan fingerprint density at radius 2 is 1.48 bits per heavy atom. The van der Waals surface area contributed by atoms with E-state index >= 15 is 0 Å². The molecule has 0 radical (unpaired) electrons. The van der Waals surface area contributed by atoms with Crippen molar-refractivity contribution < 1.29 is 63.0 Å². The number of ether oxygens (including phenoxy) is 2. The van der Waals surface area contributed by atoms with Crippen molar-refractivity contribution in [3.8, 4) is 0 Å². The van der Waals surface area contributed by atoms with Gasteiger partial charge in [0, 0.05) is 0 Å². The van der Waals surface area contributed by atoms with E-state index < -0.39 is 33.7 Å². The molecule has 0 fully saturated rings. The van der Waals surface area contributed by atoms with Crippen LogP contribution in [0.1, 0.15) is 60.2 Å². The second-order valence-electron chi connectivity index (χ2n) is 5.01. The largest absolute Gasteiger partial charge is 1.00 e. The van der Waals surface area contributed by atoms with Crippen LogP contribution in [0.15, 0.2) is 0 Å². The van der Waals surface area contributed by atoms with E-state index in [9.17, 15) is 18.0 Å². The van der Waals surface area contributed by atoms with E-state index in [1.807, 2.05) is 13.8 Å². The average Bonchev–Trinajstić information content (AvgIpc) is 2.44. The Balaban J connectivity index is -0.00000220. The van der Waals surface area contributed by atoms with Gasteiger partial charge >= 0.3 is 41.5 Å². The van der Waals surface area contributed by atoms with Crippen LogP contribution < -0.4 is 29.6 Å². The molecule has 0 saturated heterocycles. The molecule has 1 N–H and O–H groups in total. The molecule has 0 heterocycles. The van der Waals surface area contributed by atoms with Crippen LogP contribution in [-0.2, 0) is 29.2 Å². The van der Waals surface area contributed by atoms with Gasteiger partial charge in [0.1, 0.15) is 0 Å². The fraction of sp³-hybridized carbons (Fsp3) is 0.857. The van der Waals surface area contributed by atoms with Gasteiger partial charge in [-0.05, 0) is 12.8 Å². The Morgan fingerprint density at radius 1 is 1.00 bits per heavy atom. The summed E-state index contributed by atoms with van der Waals surface area (Å²) in [5.41, 5.74) is 0. The van der Waals surface area contributed by atoms with Gasteiger partial charge in [-0.3, -0.25) is 14.1 Å². The third-order valence-corrected chi connectivity index (χ3v) is 4.06. The number of hydrogen-bond donors (Lipinski definition) is 1. The van der Waals surface area contributed by atoms with E-state index in [1.54, 1.807) is 0 Å². The van der Waals surface area contributed by atoms with Crippen LogP contribution in [0.4, 0.5) is 0 Å². The standard InChI is InChI=1S/C14H26O7S.Na.H/c1-3-5-7-9-20-13(15)11-12(22(17,18)19)14(16)21-10-8-6-4-2;;/h12H,3-11H2,1-2H3,(H,17,18,19);;/q;+1;-1. The minimum Gasteiger partial charge on any atom is -1.00 e. The number of hydrogen-bond acceptors (Lipinski definition) is 6. The second kappa shape index (κ2) is 14.2. The molecular weight excluding hydrogens is 335 g/mol. The Hall–Kier alpha value is -0.150. The number of unbranched alkanes of at least 4 members (excludes halogenated alkanes) is 4. The summed E-state index contributed by atoms with van der Waals surface area (Å²) in [5, 5.41) is -1.92. The van der Waals surface area contributed by atoms with Crippen molar-refractivity contribution in [2.75, 3.05) is 13.2 Å². The maximum absolute atomic E-state index is 11.7. The Labute approximate surface area is 162 Å². The Bertz CT molecular complexity index is 442. The first kappa shape index (κ1) is 25.1. The van der Waals surface area contributed by atoms with Crippen LogP contribution in [0.5, 0.6) is 0 Å². The summed E-state index contributed by atoms with van der Waals surface area (Å²) in [4.78, 5) is 23.2. The van der Waals surface area contributed by atoms with E-state index in [0.29, 0.717) is 12.8 Å². The number of carbonyl (C=O) groups excluding carboxylic acids is 2. The molecule has 9 heteroatoms. The number of esters is 2. The van der Waals surface area contributed by atoms with Gasteiger partial charge in [0.25, 0.3) is 10.1 Å². The van der Waals surface area contributed by atoms with E-state index in [-0.39, 0.29) is 44.2 Å². The summed E-state index contributed by atoms with van der Waals surface area (Å²) >= 11 is 0. The minimum atomic E-state index is -4.71. The van der Waals surface area contributed by atoms with E-state index in [4.69, 9.17) is 14.0 Å². The molecule has 0 saturated carbocycles. The molecule has 0 rings (SSSR count). The second-order valence-corrected chi connectivity index (χ2v) is 6.61. The molecule has 0 aromatic heterocycles. The molecule has 0 aromatic carbocycles. The molecule has 0 aliphatic carbocycles. The minimum absolute atomic E-state index is 0. The Kier molecular flexibility index (Phi) is 15.5. The van der Waals surface area contributed by atoms with Crippen LogP contribution in [0.2, 0.25) is 0 Å². The fourth-order valence-electron chi connectivity index (χ4n) is 1.68. The van der Waals surface area contributed by atoms with Crippen LogP contribution in [0.25, 0.3) is 0 Å². The van der Waals surface area contributed by atoms with Crippen LogP contribution >= 0.6 is 0 Å². The van der Waals surface area contributed by atoms with Gasteiger partial charge in [-0.25, -0.2) is 0 Å². The van der Waals surface area contributed by atoms with Crippen LogP contribution in [-0.4, -0.2) is 43.4 Å². The monoisotopic (exact) mass is 362 g/mol. The normalized spacial score (nSPS) is 12.1. The van der Waals surface area contributed by atoms with E-state index in [2.05, 4.69) is 0 Å². The van der Waals surface area contributed by atoms with Crippen molar-refractivity contribution in [1.82, 2.24) is 0 Å². The smallest absolute Gasteiger partial charge is 1.00 e. The summed E-state index contributed by atoms with van der Waals surface area (Å²) in [6, 6.07) is 0. The molecule has 132 valence electrons. The van der Waals surface area contributed by atoms with Gasteiger partial charge in [0.05, 0.1) is 19.6 Å². The summed E-state index contributed by atoms with van der Waals surface area (Å²) in [5.74, 6) is -1.96. The van der Waals surface area contributed by atoms with Gasteiger partial charge in [-0.2, -0.15) is 8.42 Å². The van der Waals surface area contributed by atoms with Gasteiger partial charge in [-0.1, -0.05) is 39.5 Å². The topological polar surface area (TPSA) is 107 Å². The van der Waals surface area contributed by atoms with E-state index in [0.717, 1.165) is 25.7 Å². The van der Waals surface area contributed by atoms with Gasteiger partial charge in [0.15, 0.2) is 5.25 Å². The quantitative estimate of drug-likeness (QED) is 0.210. The summed E-state index contributed by atoms with van der Waals surface area (Å²) in [7, 11) is -4.71. The summed E-state index contributed by atoms with van der Waals surface area (Å²) in [6.45, 7) is 4.18. The zero-order chi connectivity index (χ0) is 17.0. The van der Waals surface area contributed by atoms with Crippen molar-refractivity contribution in [3.05, 3.63) is 0 Å². The predicted octanol–water partition coefficient (Wildman–Crippen LogP) is -0.784. The van der Waals surface area contributed by atoms with Crippen molar-refractivity contribution in [2.45, 2.75) is 64.0 Å². The Morgan fingerprint density at radius 3 is 1.91 bits per heavy atom. The van der Waals surface area contributed by atoms with E-state index in [1.165, 1.54) is 0 Å². The van der Waals surface area contributed by atoms with Crippen molar-refractivity contribution in [1.29, 1.82) is 0 Å².